The van der Waals surface area contributed by atoms with Crippen LogP contribution in [0.15, 0.2) is 0 Å². The van der Waals surface area contributed by atoms with Gasteiger partial charge in [0.15, 0.2) is 0 Å². The van der Waals surface area contributed by atoms with E-state index in [-0.39, 0.29) is 12.1 Å². The summed E-state index contributed by atoms with van der Waals surface area (Å²) in [6, 6.07) is 0. The van der Waals surface area contributed by atoms with Crippen LogP contribution in [0, 0.1) is 5.92 Å². The van der Waals surface area contributed by atoms with Crippen LogP contribution in [0.5, 0.6) is 0 Å². The molecular weight excluding hydrogens is 151 g/mol. The fraction of sp³-hybridized carbons (Fsp3) is 1.00. The van der Waals surface area contributed by atoms with Gasteiger partial charge in [0.25, 0.3) is 0 Å². The second-order valence-corrected chi connectivity index (χ2v) is 4.62. The second-order valence-electron chi connectivity index (χ2n) is 2.66. The van der Waals surface area contributed by atoms with Crippen LogP contribution in [0.2, 0.25) is 0 Å². The Morgan fingerprint density at radius 1 is 1.10 bits per heavy atom. The molecule has 0 spiro atoms. The number of rotatable bonds is 4. The topological polar surface area (TPSA) is 60.7 Å². The molecule has 0 saturated carbocycles. The monoisotopic (exact) mass is 168 g/mol. The summed E-state index contributed by atoms with van der Waals surface area (Å²) in [6.07, 6.45) is 1.97. The minimum atomic E-state index is -3.76. The third-order valence-corrected chi connectivity index (χ3v) is 2.84. The Kier molecular flexibility index (Phi) is 4.37. The summed E-state index contributed by atoms with van der Waals surface area (Å²) < 4.78 is 0. The van der Waals surface area contributed by atoms with Gasteiger partial charge in [-0.05, 0) is 0 Å². The molecule has 64 valence electrons. The summed E-state index contributed by atoms with van der Waals surface area (Å²) in [5, 5.41) is 0. The first kappa shape index (κ1) is 10.3. The zero-order chi connectivity index (χ0) is 8.20. The van der Waals surface area contributed by atoms with Crippen molar-refractivity contribution in [1.82, 2.24) is 0 Å². The van der Waals surface area contributed by atoms with Crippen molar-refractivity contribution in [1.29, 1.82) is 0 Å². The molecule has 0 bridgehead atoms. The normalized spacial score (nSPS) is 14.2. The van der Waals surface area contributed by atoms with Gasteiger partial charge in [-0.1, -0.05) is 0 Å². The van der Waals surface area contributed by atoms with E-state index in [1.165, 1.54) is 0 Å². The summed E-state index contributed by atoms with van der Waals surface area (Å²) in [7, 11) is -3.76. The molecule has 10 heavy (non-hydrogen) atoms. The van der Waals surface area contributed by atoms with E-state index >= 15 is 0 Å². The van der Waals surface area contributed by atoms with Gasteiger partial charge in [0.2, 0.25) is 0 Å². The van der Waals surface area contributed by atoms with Crippen molar-refractivity contribution in [2.75, 3.05) is 6.16 Å². The van der Waals surface area contributed by atoms with Crippen LogP contribution in [-0.2, 0) is 0 Å². The van der Waals surface area contributed by atoms with Crippen LogP contribution in [0.3, 0.4) is 0 Å². The van der Waals surface area contributed by atoms with Crippen LogP contribution in [-0.4, -0.2) is 20.8 Å². The summed E-state index contributed by atoms with van der Waals surface area (Å²) in [4.78, 5) is 26.1. The molecule has 0 aromatic rings. The zero-order valence-corrected chi connectivity index (χ0v) is 7.54. The average Bonchev–Trinajstić information content (AvgIpc) is 1.81. The molecule has 0 aliphatic rings. The summed E-state index contributed by atoms with van der Waals surface area (Å²) in [6.45, 7) is 3.96. The third kappa shape index (κ3) is 5.12. The molecule has 0 aromatic heterocycles. The number of hydrogen-bond donors (Lipinski definition) is 3. The van der Waals surface area contributed by atoms with Crippen molar-refractivity contribution in [2.24, 2.45) is 5.92 Å². The predicted molar refractivity (Wildman–Crippen MR) is 43.9 cm³/mol. The van der Waals surface area contributed by atoms with E-state index in [4.69, 9.17) is 14.7 Å². The van der Waals surface area contributed by atoms with Crippen LogP contribution >= 0.6 is 7.94 Å². The first-order valence-corrected chi connectivity index (χ1v) is 5.71. The van der Waals surface area contributed by atoms with Gasteiger partial charge in [0, 0.05) is 0 Å². The molecular formula is C6H17O3P. The van der Waals surface area contributed by atoms with Crippen molar-refractivity contribution in [3.8, 4) is 0 Å². The molecule has 0 unspecified atom stereocenters. The molecule has 0 saturated heterocycles. The molecule has 0 amide bonds. The quantitative estimate of drug-likeness (QED) is 0.546. The first-order valence-electron chi connectivity index (χ1n) is 3.66. The standard InChI is InChI=1S/C6H17O3P/c1-3-6(4-2)5-10(7,8)9/h6-10H,3-5H2,1-2H3. The summed E-state index contributed by atoms with van der Waals surface area (Å²) >= 11 is 0. The Bertz CT molecular complexity index is 85.5. The Morgan fingerprint density at radius 2 is 1.50 bits per heavy atom. The van der Waals surface area contributed by atoms with Crippen molar-refractivity contribution >= 4 is 7.94 Å². The van der Waals surface area contributed by atoms with Gasteiger partial charge in [-0.15, -0.1) is 0 Å². The molecule has 0 fully saturated rings. The van der Waals surface area contributed by atoms with Crippen LogP contribution < -0.4 is 0 Å². The van der Waals surface area contributed by atoms with Crippen molar-refractivity contribution < 1.29 is 14.7 Å². The molecule has 0 aliphatic heterocycles. The van der Waals surface area contributed by atoms with Gasteiger partial charge in [0.1, 0.15) is 0 Å². The van der Waals surface area contributed by atoms with Crippen molar-refractivity contribution in [3.63, 3.8) is 0 Å². The van der Waals surface area contributed by atoms with Crippen molar-refractivity contribution in [3.05, 3.63) is 0 Å². The molecule has 0 aromatic carbocycles. The Morgan fingerprint density at radius 3 is 1.60 bits per heavy atom. The van der Waals surface area contributed by atoms with Crippen LogP contribution in [0.25, 0.3) is 0 Å². The molecule has 0 aliphatic carbocycles. The van der Waals surface area contributed by atoms with Gasteiger partial charge in [0.05, 0.1) is 0 Å². The van der Waals surface area contributed by atoms with E-state index in [9.17, 15) is 0 Å². The number of hydrogen-bond acceptors (Lipinski definition) is 3. The van der Waals surface area contributed by atoms with Crippen LogP contribution in [0.4, 0.5) is 0 Å². The minimum absolute atomic E-state index is 0.181. The van der Waals surface area contributed by atoms with Gasteiger partial charge in [-0.3, -0.25) is 0 Å². The molecule has 0 heterocycles. The molecule has 3 N–H and O–H groups in total. The molecule has 3 nitrogen and oxygen atoms in total. The van der Waals surface area contributed by atoms with Crippen molar-refractivity contribution in [2.45, 2.75) is 26.7 Å². The zero-order valence-electron chi connectivity index (χ0n) is 6.54. The van der Waals surface area contributed by atoms with E-state index in [0.717, 1.165) is 12.8 Å². The van der Waals surface area contributed by atoms with E-state index in [1.54, 1.807) is 0 Å². The molecule has 0 atom stereocenters. The molecule has 0 radical (unpaired) electrons. The Labute approximate surface area is 62.3 Å². The predicted octanol–water partition coefficient (Wildman–Crippen LogP) is 0.894. The van der Waals surface area contributed by atoms with E-state index in [2.05, 4.69) is 0 Å². The summed E-state index contributed by atoms with van der Waals surface area (Å²) in [5.41, 5.74) is 0. The van der Waals surface area contributed by atoms with Crippen LogP contribution in [0.1, 0.15) is 26.7 Å². The van der Waals surface area contributed by atoms with Gasteiger partial charge in [-0.25, -0.2) is 0 Å². The Balaban J connectivity index is 3.63. The molecule has 4 heteroatoms. The fourth-order valence-electron chi connectivity index (χ4n) is 0.965. The van der Waals surface area contributed by atoms with E-state index < -0.39 is 7.94 Å². The van der Waals surface area contributed by atoms with Gasteiger partial charge >= 0.3 is 61.4 Å². The SMILES string of the molecule is CCC(CC)C[PH](O)(O)O. The Hall–Kier alpha value is 0.310. The third-order valence-electron chi connectivity index (χ3n) is 1.72. The van der Waals surface area contributed by atoms with Gasteiger partial charge < -0.3 is 0 Å². The van der Waals surface area contributed by atoms with Gasteiger partial charge in [-0.2, -0.15) is 0 Å². The summed E-state index contributed by atoms with van der Waals surface area (Å²) in [5.74, 6) is 0.256. The fourth-order valence-corrected chi connectivity index (χ4v) is 2.32. The average molecular weight is 168 g/mol. The maximum absolute atomic E-state index is 8.70. The maximum atomic E-state index is 8.70. The van der Waals surface area contributed by atoms with E-state index in [0.29, 0.717) is 0 Å². The molecule has 0 rings (SSSR count). The van der Waals surface area contributed by atoms with E-state index in [1.807, 2.05) is 13.8 Å². The second kappa shape index (κ2) is 4.24. The first-order chi connectivity index (χ1) is 4.49.